The van der Waals surface area contributed by atoms with Crippen molar-refractivity contribution in [3.05, 3.63) is 59.4 Å². The Balaban J connectivity index is 1.44. The van der Waals surface area contributed by atoms with Crippen LogP contribution in [0.1, 0.15) is 35.7 Å². The van der Waals surface area contributed by atoms with Gasteiger partial charge in [0.1, 0.15) is 11.9 Å². The van der Waals surface area contributed by atoms with E-state index in [2.05, 4.69) is 0 Å². The van der Waals surface area contributed by atoms with Crippen molar-refractivity contribution in [2.75, 3.05) is 37.6 Å². The molecule has 0 aliphatic carbocycles. The minimum atomic E-state index is -3.76. The maximum absolute atomic E-state index is 14.5. The fourth-order valence-electron chi connectivity index (χ4n) is 4.48. The minimum absolute atomic E-state index is 0.196. The number of anilines is 1. The summed E-state index contributed by atoms with van der Waals surface area (Å²) < 4.78 is 42.2. The van der Waals surface area contributed by atoms with Crippen molar-refractivity contribution in [2.24, 2.45) is 0 Å². The quantitative estimate of drug-likeness (QED) is 0.624. The van der Waals surface area contributed by atoms with Crippen LogP contribution in [0.25, 0.3) is 0 Å². The standard InChI is InChI=1S/C24H28FN3O4S/c1-17-5-8-20(9-6-17)33(31,32)28-11-3-4-23(28)24(30)27-14-12-26(13-15-27)22-10-7-19(18(2)29)16-21(22)25/h5-10,16,23H,3-4,11-15H2,1-2H3/t23-/m0/s1. The Morgan fingerprint density at radius 1 is 0.970 bits per heavy atom. The molecule has 0 N–H and O–H groups in total. The molecule has 2 aliphatic heterocycles. The van der Waals surface area contributed by atoms with E-state index in [0.29, 0.717) is 56.8 Å². The van der Waals surface area contributed by atoms with Crippen molar-refractivity contribution in [1.29, 1.82) is 0 Å². The first-order valence-corrected chi connectivity index (χ1v) is 12.6. The van der Waals surface area contributed by atoms with E-state index in [9.17, 15) is 22.4 Å². The topological polar surface area (TPSA) is 78.0 Å². The lowest BCUT2D eigenvalue weighted by Gasteiger charge is -2.38. The van der Waals surface area contributed by atoms with Crippen molar-refractivity contribution in [3.63, 3.8) is 0 Å². The lowest BCUT2D eigenvalue weighted by Crippen LogP contribution is -2.54. The molecular weight excluding hydrogens is 445 g/mol. The van der Waals surface area contributed by atoms with Crippen LogP contribution in [0.5, 0.6) is 0 Å². The van der Waals surface area contributed by atoms with Gasteiger partial charge in [-0.15, -0.1) is 0 Å². The van der Waals surface area contributed by atoms with Gasteiger partial charge in [0, 0.05) is 38.3 Å². The van der Waals surface area contributed by atoms with E-state index in [1.165, 1.54) is 17.3 Å². The summed E-state index contributed by atoms with van der Waals surface area (Å²) in [5.74, 6) is -0.860. The number of halogens is 1. The molecule has 2 aromatic rings. The van der Waals surface area contributed by atoms with E-state index in [-0.39, 0.29) is 16.6 Å². The van der Waals surface area contributed by atoms with Gasteiger partial charge in [0.25, 0.3) is 0 Å². The van der Waals surface area contributed by atoms with Crippen molar-refractivity contribution in [1.82, 2.24) is 9.21 Å². The highest BCUT2D eigenvalue weighted by Gasteiger charge is 2.41. The molecule has 0 spiro atoms. The van der Waals surface area contributed by atoms with Crippen molar-refractivity contribution in [3.8, 4) is 0 Å². The fraction of sp³-hybridized carbons (Fsp3) is 0.417. The van der Waals surface area contributed by atoms with E-state index in [1.54, 1.807) is 41.3 Å². The Labute approximate surface area is 193 Å². The number of rotatable bonds is 5. The van der Waals surface area contributed by atoms with Gasteiger partial charge in [-0.1, -0.05) is 17.7 Å². The fourth-order valence-corrected chi connectivity index (χ4v) is 6.13. The maximum Gasteiger partial charge on any atom is 0.243 e. The zero-order valence-electron chi connectivity index (χ0n) is 18.8. The van der Waals surface area contributed by atoms with Crippen LogP contribution in [0.15, 0.2) is 47.4 Å². The Hall–Kier alpha value is -2.78. The second kappa shape index (κ2) is 9.23. The Morgan fingerprint density at radius 2 is 1.64 bits per heavy atom. The monoisotopic (exact) mass is 473 g/mol. The summed E-state index contributed by atoms with van der Waals surface area (Å²) >= 11 is 0. The summed E-state index contributed by atoms with van der Waals surface area (Å²) in [6, 6.07) is 10.4. The summed E-state index contributed by atoms with van der Waals surface area (Å²) in [5, 5.41) is 0. The molecule has 2 fully saturated rings. The largest absolute Gasteiger partial charge is 0.366 e. The van der Waals surface area contributed by atoms with Crippen LogP contribution in [0.2, 0.25) is 0 Å². The average molecular weight is 474 g/mol. The van der Waals surface area contributed by atoms with E-state index >= 15 is 0 Å². The molecule has 2 aromatic carbocycles. The number of piperazine rings is 1. The minimum Gasteiger partial charge on any atom is -0.366 e. The molecule has 0 unspecified atom stereocenters. The molecule has 2 heterocycles. The van der Waals surface area contributed by atoms with Gasteiger partial charge in [0.05, 0.1) is 10.6 Å². The van der Waals surface area contributed by atoms with Gasteiger partial charge < -0.3 is 9.80 Å². The molecule has 2 saturated heterocycles. The Kier molecular flexibility index (Phi) is 6.54. The predicted octanol–water partition coefficient (Wildman–Crippen LogP) is 2.84. The third kappa shape index (κ3) is 4.65. The van der Waals surface area contributed by atoms with E-state index < -0.39 is 21.9 Å². The van der Waals surface area contributed by atoms with Gasteiger partial charge in [-0.05, 0) is 57.0 Å². The van der Waals surface area contributed by atoms with Gasteiger partial charge in [-0.25, -0.2) is 12.8 Å². The molecule has 176 valence electrons. The molecule has 33 heavy (non-hydrogen) atoms. The highest BCUT2D eigenvalue weighted by molar-refractivity contribution is 7.89. The predicted molar refractivity (Wildman–Crippen MR) is 123 cm³/mol. The molecule has 7 nitrogen and oxygen atoms in total. The van der Waals surface area contributed by atoms with Crippen molar-refractivity contribution in [2.45, 2.75) is 37.6 Å². The van der Waals surface area contributed by atoms with Gasteiger partial charge in [-0.2, -0.15) is 4.31 Å². The van der Waals surface area contributed by atoms with Gasteiger partial charge in [0.2, 0.25) is 15.9 Å². The Morgan fingerprint density at radius 3 is 2.24 bits per heavy atom. The second-order valence-corrected chi connectivity index (χ2v) is 10.5. The van der Waals surface area contributed by atoms with Gasteiger partial charge in [0.15, 0.2) is 5.78 Å². The van der Waals surface area contributed by atoms with Gasteiger partial charge >= 0.3 is 0 Å². The first-order chi connectivity index (χ1) is 15.7. The van der Waals surface area contributed by atoms with Crippen LogP contribution >= 0.6 is 0 Å². The summed E-state index contributed by atoms with van der Waals surface area (Å²) in [4.78, 5) is 28.4. The lowest BCUT2D eigenvalue weighted by molar-refractivity contribution is -0.134. The van der Waals surface area contributed by atoms with Gasteiger partial charge in [-0.3, -0.25) is 9.59 Å². The lowest BCUT2D eigenvalue weighted by atomic mass is 10.1. The van der Waals surface area contributed by atoms with Crippen LogP contribution < -0.4 is 4.90 Å². The Bertz CT molecular complexity index is 1160. The molecule has 2 aliphatic rings. The van der Waals surface area contributed by atoms with Crippen LogP contribution in [-0.4, -0.2) is 68.1 Å². The third-order valence-corrected chi connectivity index (χ3v) is 8.32. The second-order valence-electron chi connectivity index (χ2n) is 8.62. The first-order valence-electron chi connectivity index (χ1n) is 11.1. The summed E-state index contributed by atoms with van der Waals surface area (Å²) in [5.41, 5.74) is 1.69. The molecule has 0 saturated carbocycles. The number of hydrogen-bond acceptors (Lipinski definition) is 5. The summed E-state index contributed by atoms with van der Waals surface area (Å²) in [6.07, 6.45) is 1.13. The maximum atomic E-state index is 14.5. The smallest absolute Gasteiger partial charge is 0.243 e. The van der Waals surface area contributed by atoms with E-state index in [0.717, 1.165) is 5.56 Å². The number of sulfonamides is 1. The van der Waals surface area contributed by atoms with Crippen LogP contribution in [0.3, 0.4) is 0 Å². The highest BCUT2D eigenvalue weighted by Crippen LogP contribution is 2.28. The number of carbonyl (C=O) groups is 2. The number of aryl methyl sites for hydroxylation is 1. The van der Waals surface area contributed by atoms with Crippen LogP contribution in [0.4, 0.5) is 10.1 Å². The van der Waals surface area contributed by atoms with Crippen molar-refractivity contribution >= 4 is 27.4 Å². The third-order valence-electron chi connectivity index (χ3n) is 6.40. The molecule has 9 heteroatoms. The molecule has 0 aromatic heterocycles. The molecular formula is C24H28FN3O4S. The summed E-state index contributed by atoms with van der Waals surface area (Å²) in [6.45, 7) is 5.22. The van der Waals surface area contributed by atoms with Crippen LogP contribution in [0, 0.1) is 12.7 Å². The zero-order chi connectivity index (χ0) is 23.8. The molecule has 1 atom stereocenters. The number of benzene rings is 2. The zero-order valence-corrected chi connectivity index (χ0v) is 19.6. The first kappa shape index (κ1) is 23.4. The summed E-state index contributed by atoms with van der Waals surface area (Å²) in [7, 11) is -3.76. The molecule has 0 radical (unpaired) electrons. The number of amides is 1. The average Bonchev–Trinajstić information content (AvgIpc) is 3.30. The number of carbonyl (C=O) groups excluding carboxylic acids is 2. The molecule has 4 rings (SSSR count). The van der Waals surface area contributed by atoms with Crippen LogP contribution in [-0.2, 0) is 14.8 Å². The SMILES string of the molecule is CC(=O)c1ccc(N2CCN(C(=O)[C@@H]3CCCN3S(=O)(=O)c3ccc(C)cc3)CC2)c(F)c1. The van der Waals surface area contributed by atoms with Crippen molar-refractivity contribution < 1.29 is 22.4 Å². The highest BCUT2D eigenvalue weighted by atomic mass is 32.2. The normalized spacial score (nSPS) is 19.7. The molecule has 0 bridgehead atoms. The number of nitrogens with zero attached hydrogens (tertiary/aromatic N) is 3. The number of hydrogen-bond donors (Lipinski definition) is 0. The van der Waals surface area contributed by atoms with E-state index in [4.69, 9.17) is 0 Å². The number of Topliss-reactive ketones (excluding diaryl/α,β-unsaturated/α-hetero) is 1. The number of ketones is 1. The van der Waals surface area contributed by atoms with E-state index in [1.807, 2.05) is 11.8 Å². The molecule has 1 amide bonds.